The van der Waals surface area contributed by atoms with Gasteiger partial charge < -0.3 is 9.47 Å². The van der Waals surface area contributed by atoms with Crippen LogP contribution in [0.1, 0.15) is 10.4 Å². The topological polar surface area (TPSA) is 48.4 Å². The quantitative estimate of drug-likeness (QED) is 0.631. The fourth-order valence-electron chi connectivity index (χ4n) is 1.64. The predicted octanol–water partition coefficient (Wildman–Crippen LogP) is 2.79. The van der Waals surface area contributed by atoms with E-state index in [0.29, 0.717) is 11.3 Å². The Balaban J connectivity index is 2.73. The van der Waals surface area contributed by atoms with E-state index in [2.05, 4.69) is 20.9 Å². The predicted molar refractivity (Wildman–Crippen MR) is 67.3 cm³/mol. The standard InChI is InChI=1S/C12H10BrNO3/c1-16-11-7-4-6-10(13)14-9(7)5-3-8(11)12(15)17-2/h3-6H,1-2H3. The fraction of sp³-hybridized carbons (Fsp3) is 0.167. The third-order valence-electron chi connectivity index (χ3n) is 2.40. The highest BCUT2D eigenvalue weighted by Crippen LogP contribution is 2.30. The number of carbonyl (C=O) groups excluding carboxylic acids is 1. The lowest BCUT2D eigenvalue weighted by Gasteiger charge is -2.09. The highest BCUT2D eigenvalue weighted by atomic mass is 79.9. The molecule has 1 aromatic carbocycles. The first-order valence-corrected chi connectivity index (χ1v) is 5.68. The molecule has 0 atom stereocenters. The first-order valence-electron chi connectivity index (χ1n) is 4.89. The smallest absolute Gasteiger partial charge is 0.341 e. The van der Waals surface area contributed by atoms with Crippen LogP contribution in [-0.2, 0) is 4.74 Å². The summed E-state index contributed by atoms with van der Waals surface area (Å²) in [6.07, 6.45) is 0. The van der Waals surface area contributed by atoms with E-state index in [1.165, 1.54) is 14.2 Å². The van der Waals surface area contributed by atoms with Gasteiger partial charge in [0.2, 0.25) is 0 Å². The van der Waals surface area contributed by atoms with Gasteiger partial charge in [0.15, 0.2) is 0 Å². The summed E-state index contributed by atoms with van der Waals surface area (Å²) in [5.41, 5.74) is 1.15. The summed E-state index contributed by atoms with van der Waals surface area (Å²) < 4.78 is 10.7. The van der Waals surface area contributed by atoms with Crippen LogP contribution in [0.15, 0.2) is 28.9 Å². The van der Waals surface area contributed by atoms with E-state index >= 15 is 0 Å². The van der Waals surface area contributed by atoms with Crippen LogP contribution in [0, 0.1) is 0 Å². The van der Waals surface area contributed by atoms with Crippen LogP contribution >= 0.6 is 15.9 Å². The van der Waals surface area contributed by atoms with Gasteiger partial charge >= 0.3 is 5.97 Å². The molecule has 0 radical (unpaired) electrons. The Morgan fingerprint density at radius 2 is 2.00 bits per heavy atom. The van der Waals surface area contributed by atoms with E-state index in [-0.39, 0.29) is 0 Å². The first kappa shape index (κ1) is 11.9. The van der Waals surface area contributed by atoms with Gasteiger partial charge in [-0.3, -0.25) is 0 Å². The lowest BCUT2D eigenvalue weighted by molar-refractivity contribution is 0.0597. The third kappa shape index (κ3) is 2.10. The molecule has 1 heterocycles. The number of methoxy groups -OCH3 is 2. The van der Waals surface area contributed by atoms with Crippen molar-refractivity contribution >= 4 is 32.8 Å². The van der Waals surface area contributed by atoms with Crippen molar-refractivity contribution in [2.45, 2.75) is 0 Å². The lowest BCUT2D eigenvalue weighted by Crippen LogP contribution is -2.04. The Kier molecular flexibility index (Phi) is 3.28. The minimum Gasteiger partial charge on any atom is -0.495 e. The summed E-state index contributed by atoms with van der Waals surface area (Å²) >= 11 is 3.30. The van der Waals surface area contributed by atoms with Crippen molar-refractivity contribution in [2.75, 3.05) is 14.2 Å². The summed E-state index contributed by atoms with van der Waals surface area (Å²) in [6, 6.07) is 7.05. The van der Waals surface area contributed by atoms with E-state index < -0.39 is 5.97 Å². The number of ether oxygens (including phenoxy) is 2. The first-order chi connectivity index (χ1) is 8.17. The van der Waals surface area contributed by atoms with Crippen LogP contribution in [-0.4, -0.2) is 25.2 Å². The van der Waals surface area contributed by atoms with Gasteiger partial charge in [0.05, 0.1) is 19.7 Å². The number of rotatable bonds is 2. The molecule has 17 heavy (non-hydrogen) atoms. The number of fused-ring (bicyclic) bond motifs is 1. The molecule has 0 unspecified atom stereocenters. The Morgan fingerprint density at radius 1 is 1.24 bits per heavy atom. The number of halogens is 1. The number of pyridine rings is 1. The maximum Gasteiger partial charge on any atom is 0.341 e. The zero-order valence-corrected chi connectivity index (χ0v) is 10.9. The number of esters is 1. The monoisotopic (exact) mass is 295 g/mol. The number of hydrogen-bond donors (Lipinski definition) is 0. The van der Waals surface area contributed by atoms with Gasteiger partial charge in [-0.2, -0.15) is 0 Å². The maximum atomic E-state index is 11.6. The van der Waals surface area contributed by atoms with Gasteiger partial charge in [0, 0.05) is 5.39 Å². The minimum atomic E-state index is -0.424. The molecule has 0 aliphatic heterocycles. The molecule has 88 valence electrons. The van der Waals surface area contributed by atoms with Crippen molar-refractivity contribution in [1.82, 2.24) is 4.98 Å². The van der Waals surface area contributed by atoms with Gasteiger partial charge in [-0.1, -0.05) is 0 Å². The summed E-state index contributed by atoms with van der Waals surface area (Å²) in [5, 5.41) is 0.776. The molecule has 0 saturated carbocycles. The van der Waals surface area contributed by atoms with Crippen molar-refractivity contribution < 1.29 is 14.3 Å². The number of aromatic nitrogens is 1. The molecule has 0 aliphatic carbocycles. The van der Waals surface area contributed by atoms with Crippen LogP contribution in [0.3, 0.4) is 0 Å². The highest BCUT2D eigenvalue weighted by molar-refractivity contribution is 9.10. The summed E-state index contributed by atoms with van der Waals surface area (Å²) in [5.74, 6) is 0.0565. The van der Waals surface area contributed by atoms with Crippen molar-refractivity contribution in [3.05, 3.63) is 34.4 Å². The van der Waals surface area contributed by atoms with E-state index in [9.17, 15) is 4.79 Å². The number of hydrogen-bond acceptors (Lipinski definition) is 4. The van der Waals surface area contributed by atoms with Crippen LogP contribution in [0.2, 0.25) is 0 Å². The number of nitrogens with zero attached hydrogens (tertiary/aromatic N) is 1. The van der Waals surface area contributed by atoms with Gasteiger partial charge in [-0.25, -0.2) is 9.78 Å². The van der Waals surface area contributed by atoms with Crippen molar-refractivity contribution in [3.8, 4) is 5.75 Å². The van der Waals surface area contributed by atoms with Crippen molar-refractivity contribution in [2.24, 2.45) is 0 Å². The second-order valence-electron chi connectivity index (χ2n) is 3.34. The molecule has 0 fully saturated rings. The molecule has 4 nitrogen and oxygen atoms in total. The van der Waals surface area contributed by atoms with E-state index in [4.69, 9.17) is 9.47 Å². The second kappa shape index (κ2) is 4.71. The zero-order chi connectivity index (χ0) is 12.4. The maximum absolute atomic E-state index is 11.6. The Labute approximate surface area is 107 Å². The van der Waals surface area contributed by atoms with E-state index in [1.54, 1.807) is 18.2 Å². The third-order valence-corrected chi connectivity index (χ3v) is 2.84. The van der Waals surface area contributed by atoms with Gasteiger partial charge in [-0.15, -0.1) is 0 Å². The molecule has 0 spiro atoms. The molecule has 0 saturated heterocycles. The molecule has 2 rings (SSSR count). The Bertz CT molecular complexity index is 583. The zero-order valence-electron chi connectivity index (χ0n) is 9.36. The average Bonchev–Trinajstić information content (AvgIpc) is 2.36. The van der Waals surface area contributed by atoms with E-state index in [1.807, 2.05) is 6.07 Å². The molecule has 0 amide bonds. The van der Waals surface area contributed by atoms with Crippen LogP contribution < -0.4 is 4.74 Å². The van der Waals surface area contributed by atoms with Crippen LogP contribution in [0.25, 0.3) is 10.9 Å². The SMILES string of the molecule is COC(=O)c1ccc2nc(Br)ccc2c1OC. The van der Waals surface area contributed by atoms with Crippen molar-refractivity contribution in [1.29, 1.82) is 0 Å². The molecule has 0 N–H and O–H groups in total. The van der Waals surface area contributed by atoms with Gasteiger partial charge in [0.1, 0.15) is 15.9 Å². The molecule has 0 bridgehead atoms. The molecule has 2 aromatic rings. The van der Waals surface area contributed by atoms with E-state index in [0.717, 1.165) is 15.5 Å². The molecule has 1 aromatic heterocycles. The molecular formula is C12H10BrNO3. The molecule has 5 heteroatoms. The molecular weight excluding hydrogens is 286 g/mol. The van der Waals surface area contributed by atoms with Gasteiger partial charge in [0.25, 0.3) is 0 Å². The lowest BCUT2D eigenvalue weighted by atomic mass is 10.1. The minimum absolute atomic E-state index is 0.395. The largest absolute Gasteiger partial charge is 0.495 e. The Morgan fingerprint density at radius 3 is 2.65 bits per heavy atom. The van der Waals surface area contributed by atoms with Crippen LogP contribution in [0.4, 0.5) is 0 Å². The van der Waals surface area contributed by atoms with Gasteiger partial charge in [-0.05, 0) is 40.2 Å². The van der Waals surface area contributed by atoms with Crippen molar-refractivity contribution in [3.63, 3.8) is 0 Å². The number of benzene rings is 1. The Hall–Kier alpha value is -1.62. The average molecular weight is 296 g/mol. The highest BCUT2D eigenvalue weighted by Gasteiger charge is 2.15. The fourth-order valence-corrected chi connectivity index (χ4v) is 1.97. The summed E-state index contributed by atoms with van der Waals surface area (Å²) in [4.78, 5) is 15.9. The normalized spacial score (nSPS) is 10.3. The summed E-state index contributed by atoms with van der Waals surface area (Å²) in [7, 11) is 2.86. The summed E-state index contributed by atoms with van der Waals surface area (Å²) in [6.45, 7) is 0. The second-order valence-corrected chi connectivity index (χ2v) is 4.15. The number of carbonyl (C=O) groups is 1. The van der Waals surface area contributed by atoms with Crippen LogP contribution in [0.5, 0.6) is 5.75 Å². The molecule has 0 aliphatic rings.